The fourth-order valence-electron chi connectivity index (χ4n) is 1.62. The third kappa shape index (κ3) is 1.49. The van der Waals surface area contributed by atoms with Crippen LogP contribution in [0.1, 0.15) is 0 Å². The molecule has 0 bridgehead atoms. The number of fused-ring (bicyclic) bond motifs is 1. The quantitative estimate of drug-likeness (QED) is 0.536. The van der Waals surface area contributed by atoms with Gasteiger partial charge in [-0.25, -0.2) is 0 Å². The van der Waals surface area contributed by atoms with Gasteiger partial charge in [0.15, 0.2) is 0 Å². The molecule has 0 spiro atoms. The smallest absolute Gasteiger partial charge is 0.272 e. The number of ether oxygens (including phenoxy) is 4. The normalized spacial score (nSPS) is 49.5. The number of rotatable bonds is 2. The molecule has 2 heterocycles. The summed E-state index contributed by atoms with van der Waals surface area (Å²) in [5, 5.41) is 8.93. The molecule has 0 saturated carbocycles. The molecule has 5 unspecified atom stereocenters. The van der Waals surface area contributed by atoms with Crippen molar-refractivity contribution in [3.8, 4) is 0 Å². The first kappa shape index (κ1) is 9.42. The minimum atomic E-state index is -0.695. The van der Waals surface area contributed by atoms with Gasteiger partial charge in [-0.15, -0.1) is 0 Å². The van der Waals surface area contributed by atoms with Crippen molar-refractivity contribution >= 4 is 7.85 Å². The molecule has 0 aliphatic carbocycles. The highest BCUT2D eigenvalue weighted by Crippen LogP contribution is 2.32. The minimum Gasteiger partial charge on any atom is -0.394 e. The van der Waals surface area contributed by atoms with Crippen LogP contribution >= 0.6 is 0 Å². The minimum absolute atomic E-state index is 0.130. The van der Waals surface area contributed by atoms with E-state index < -0.39 is 18.6 Å². The molecular weight excluding hydrogens is 175 g/mol. The van der Waals surface area contributed by atoms with Gasteiger partial charge in [0.1, 0.15) is 26.2 Å². The summed E-state index contributed by atoms with van der Waals surface area (Å²) >= 11 is 0. The van der Waals surface area contributed by atoms with Crippen LogP contribution in [0.2, 0.25) is 0 Å². The topological polar surface area (TPSA) is 57.2 Å². The van der Waals surface area contributed by atoms with E-state index in [4.69, 9.17) is 31.9 Å². The molecule has 0 amide bonds. The number of hydrogen-bond acceptors (Lipinski definition) is 5. The molecule has 2 saturated heterocycles. The predicted octanol–water partition coefficient (Wildman–Crippen LogP) is -1.41. The zero-order chi connectivity index (χ0) is 9.42. The lowest BCUT2D eigenvalue weighted by molar-refractivity contribution is -0.247. The van der Waals surface area contributed by atoms with Crippen LogP contribution in [0.4, 0.5) is 0 Å². The zero-order valence-corrected chi connectivity index (χ0v) is 7.25. The molecule has 6 heteroatoms. The fraction of sp³-hybridized carbons (Fsp3) is 1.00. The van der Waals surface area contributed by atoms with Gasteiger partial charge in [-0.2, -0.15) is 0 Å². The van der Waals surface area contributed by atoms with Gasteiger partial charge in [-0.1, -0.05) is 0 Å². The number of hydrogen-bond donors (Lipinski definition) is 1. The summed E-state index contributed by atoms with van der Waals surface area (Å²) < 4.78 is 20.6. The molecule has 5 nitrogen and oxygen atoms in total. The molecular formula is C7H11BO5. The Hall–Kier alpha value is -0.135. The molecule has 2 radical (unpaired) electrons. The largest absolute Gasteiger partial charge is 0.394 e. The van der Waals surface area contributed by atoms with Crippen LogP contribution in [-0.2, 0) is 18.9 Å². The molecule has 72 valence electrons. The highest BCUT2D eigenvalue weighted by atomic mass is 16.9. The Kier molecular flexibility index (Phi) is 2.57. The number of methoxy groups -OCH3 is 1. The Morgan fingerprint density at radius 1 is 1.31 bits per heavy atom. The van der Waals surface area contributed by atoms with E-state index in [0.717, 1.165) is 0 Å². The van der Waals surface area contributed by atoms with E-state index in [2.05, 4.69) is 0 Å². The van der Waals surface area contributed by atoms with Crippen LogP contribution < -0.4 is 0 Å². The van der Waals surface area contributed by atoms with Crippen LogP contribution in [0.15, 0.2) is 0 Å². The van der Waals surface area contributed by atoms with Crippen LogP contribution in [0.3, 0.4) is 0 Å². The lowest BCUT2D eigenvalue weighted by Gasteiger charge is -2.15. The van der Waals surface area contributed by atoms with Gasteiger partial charge in [-0.05, 0) is 0 Å². The second-order valence-corrected chi connectivity index (χ2v) is 3.05. The van der Waals surface area contributed by atoms with Crippen molar-refractivity contribution in [1.82, 2.24) is 0 Å². The Morgan fingerprint density at radius 3 is 2.62 bits per heavy atom. The zero-order valence-electron chi connectivity index (χ0n) is 7.25. The van der Waals surface area contributed by atoms with E-state index in [1.807, 2.05) is 0 Å². The third-order valence-electron chi connectivity index (χ3n) is 2.25. The Labute approximate surface area is 77.3 Å². The van der Waals surface area contributed by atoms with Crippen molar-refractivity contribution in [1.29, 1.82) is 0 Å². The van der Waals surface area contributed by atoms with E-state index in [-0.39, 0.29) is 18.8 Å². The lowest BCUT2D eigenvalue weighted by atomic mass is 9.93. The van der Waals surface area contributed by atoms with Gasteiger partial charge in [0.2, 0.25) is 0 Å². The molecule has 1 N–H and O–H groups in total. The molecule has 0 aromatic heterocycles. The van der Waals surface area contributed by atoms with Gasteiger partial charge >= 0.3 is 0 Å². The number of aliphatic hydroxyl groups excluding tert-OH is 1. The van der Waals surface area contributed by atoms with Gasteiger partial charge in [0, 0.05) is 13.1 Å². The van der Waals surface area contributed by atoms with Gasteiger partial charge < -0.3 is 24.1 Å². The summed E-state index contributed by atoms with van der Waals surface area (Å²) in [5.74, 6) is 0. The number of aliphatic hydroxyl groups is 1. The van der Waals surface area contributed by atoms with E-state index in [9.17, 15) is 0 Å². The van der Waals surface area contributed by atoms with E-state index in [1.54, 1.807) is 0 Å². The monoisotopic (exact) mass is 186 g/mol. The summed E-state index contributed by atoms with van der Waals surface area (Å²) in [7, 11) is 7.09. The Bertz CT molecular complexity index is 190. The summed E-state index contributed by atoms with van der Waals surface area (Å²) in [6, 6.07) is -0.553. The van der Waals surface area contributed by atoms with Gasteiger partial charge in [0.25, 0.3) is 6.48 Å². The van der Waals surface area contributed by atoms with Crippen LogP contribution in [-0.4, -0.2) is 57.5 Å². The maximum absolute atomic E-state index is 8.93. The lowest BCUT2D eigenvalue weighted by Crippen LogP contribution is -2.31. The van der Waals surface area contributed by atoms with Crippen molar-refractivity contribution in [2.75, 3.05) is 13.7 Å². The Morgan fingerprint density at radius 2 is 2.00 bits per heavy atom. The highest BCUT2D eigenvalue weighted by molar-refractivity contribution is 6.11. The highest BCUT2D eigenvalue weighted by Gasteiger charge is 2.50. The first-order valence-electron chi connectivity index (χ1n) is 4.12. The second-order valence-electron chi connectivity index (χ2n) is 3.05. The van der Waals surface area contributed by atoms with Crippen molar-refractivity contribution in [2.24, 2.45) is 0 Å². The van der Waals surface area contributed by atoms with Gasteiger partial charge in [0.05, 0.1) is 6.61 Å². The van der Waals surface area contributed by atoms with Crippen molar-refractivity contribution in [3.05, 3.63) is 0 Å². The second kappa shape index (κ2) is 3.55. The maximum atomic E-state index is 8.93. The first-order valence-corrected chi connectivity index (χ1v) is 4.12. The molecule has 2 fully saturated rings. The van der Waals surface area contributed by atoms with Crippen LogP contribution in [0.5, 0.6) is 0 Å². The SMILES string of the molecule is [B]C1OC(CO)C2OC(OC)OC12. The summed E-state index contributed by atoms with van der Waals surface area (Å²) in [5.41, 5.74) is 0. The summed E-state index contributed by atoms with van der Waals surface area (Å²) in [6.07, 6.45) is -1.09. The van der Waals surface area contributed by atoms with E-state index in [0.29, 0.717) is 0 Å². The summed E-state index contributed by atoms with van der Waals surface area (Å²) in [4.78, 5) is 0. The van der Waals surface area contributed by atoms with E-state index >= 15 is 0 Å². The average Bonchev–Trinajstić information content (AvgIpc) is 2.66. The molecule has 2 rings (SSSR count). The average molecular weight is 186 g/mol. The van der Waals surface area contributed by atoms with Crippen molar-refractivity contribution < 1.29 is 24.1 Å². The Balaban J connectivity index is 2.03. The predicted molar refractivity (Wildman–Crippen MR) is 42.0 cm³/mol. The summed E-state index contributed by atoms with van der Waals surface area (Å²) in [6.45, 7) is -0.826. The van der Waals surface area contributed by atoms with Crippen molar-refractivity contribution in [3.63, 3.8) is 0 Å². The standard InChI is InChI=1S/C7H11BO5/c1-10-7-12-4-3(2-9)11-6(8)5(4)13-7/h3-7,9H,2H2,1H3. The molecule has 2 aliphatic rings. The third-order valence-corrected chi connectivity index (χ3v) is 2.25. The molecule has 0 aromatic carbocycles. The fourth-order valence-corrected chi connectivity index (χ4v) is 1.62. The maximum Gasteiger partial charge on any atom is 0.272 e. The molecule has 2 aliphatic heterocycles. The molecule has 13 heavy (non-hydrogen) atoms. The first-order chi connectivity index (χ1) is 6.26. The molecule has 5 atom stereocenters. The van der Waals surface area contributed by atoms with Crippen LogP contribution in [0.25, 0.3) is 0 Å². The van der Waals surface area contributed by atoms with Gasteiger partial charge in [-0.3, -0.25) is 0 Å². The molecule has 0 aromatic rings. The van der Waals surface area contributed by atoms with Crippen molar-refractivity contribution in [2.45, 2.75) is 30.8 Å². The van der Waals surface area contributed by atoms with E-state index in [1.165, 1.54) is 7.11 Å². The van der Waals surface area contributed by atoms with Crippen LogP contribution in [0, 0.1) is 0 Å².